The maximum atomic E-state index is 13.5. The molecule has 2 fully saturated rings. The number of hydrogen-bond acceptors (Lipinski definition) is 7. The first kappa shape index (κ1) is 22.5. The Morgan fingerprint density at radius 2 is 1.74 bits per heavy atom. The van der Waals surface area contributed by atoms with Gasteiger partial charge in [-0.3, -0.25) is 4.79 Å². The van der Waals surface area contributed by atoms with E-state index in [1.165, 1.54) is 6.20 Å². The lowest BCUT2D eigenvalue weighted by molar-refractivity contribution is -0.169. The molecule has 1 spiro atoms. The number of benzene rings is 1. The van der Waals surface area contributed by atoms with Crippen LogP contribution < -0.4 is 4.90 Å². The lowest BCUT2D eigenvalue weighted by Crippen LogP contribution is -2.45. The first-order valence-electron chi connectivity index (χ1n) is 11.0. The fourth-order valence-corrected chi connectivity index (χ4v) is 4.24. The number of ketones is 1. The Morgan fingerprint density at radius 1 is 1.03 bits per heavy atom. The van der Waals surface area contributed by atoms with Crippen molar-refractivity contribution in [1.82, 2.24) is 9.97 Å². The number of ether oxygens (including phenoxy) is 2. The number of aromatic nitrogens is 2. The number of pyridine rings is 1. The highest BCUT2D eigenvalue weighted by Crippen LogP contribution is 2.35. The summed E-state index contributed by atoms with van der Waals surface area (Å²) in [6.07, 6.45) is -2.15. The lowest BCUT2D eigenvalue weighted by Gasteiger charge is -2.38. The van der Waals surface area contributed by atoms with Gasteiger partial charge in [0.25, 0.3) is 0 Å². The van der Waals surface area contributed by atoms with Gasteiger partial charge in [0.1, 0.15) is 5.82 Å². The van der Waals surface area contributed by atoms with Crippen LogP contribution in [0.4, 0.5) is 19.0 Å². The van der Waals surface area contributed by atoms with Crippen molar-refractivity contribution >= 4 is 11.6 Å². The van der Waals surface area contributed by atoms with Gasteiger partial charge in [-0.1, -0.05) is 24.3 Å². The number of nitrogens with zero attached hydrogens (tertiary/aromatic N) is 3. The van der Waals surface area contributed by atoms with Crippen LogP contribution in [0.3, 0.4) is 0 Å². The minimum absolute atomic E-state index is 0.247. The number of rotatable bonds is 5. The van der Waals surface area contributed by atoms with Crippen molar-refractivity contribution in [3.8, 4) is 11.5 Å². The van der Waals surface area contributed by atoms with Crippen molar-refractivity contribution in [1.29, 1.82) is 0 Å². The molecule has 7 nitrogen and oxygen atoms in total. The van der Waals surface area contributed by atoms with E-state index < -0.39 is 29.2 Å². The summed E-state index contributed by atoms with van der Waals surface area (Å²) in [5, 5.41) is 0. The van der Waals surface area contributed by atoms with Crippen LogP contribution in [0.2, 0.25) is 0 Å². The molecule has 0 amide bonds. The van der Waals surface area contributed by atoms with Gasteiger partial charge in [-0.05, 0) is 23.8 Å². The molecule has 2 aromatic heterocycles. The van der Waals surface area contributed by atoms with Crippen LogP contribution in [-0.4, -0.2) is 47.8 Å². The highest BCUT2D eigenvalue weighted by Gasteiger charge is 2.41. The van der Waals surface area contributed by atoms with E-state index in [1.807, 2.05) is 0 Å². The van der Waals surface area contributed by atoms with Gasteiger partial charge < -0.3 is 18.8 Å². The van der Waals surface area contributed by atoms with Gasteiger partial charge in [0.2, 0.25) is 17.4 Å². The third-order valence-corrected chi connectivity index (χ3v) is 6.01. The Labute approximate surface area is 193 Å². The molecule has 0 atom stereocenters. The van der Waals surface area contributed by atoms with E-state index in [0.29, 0.717) is 37.4 Å². The normalized spacial score (nSPS) is 17.9. The van der Waals surface area contributed by atoms with Crippen LogP contribution in [0, 0.1) is 0 Å². The number of alkyl halides is 3. The van der Waals surface area contributed by atoms with Crippen molar-refractivity contribution in [2.24, 2.45) is 0 Å². The molecule has 0 saturated carbocycles. The molecule has 3 aromatic rings. The molecule has 2 aliphatic rings. The van der Waals surface area contributed by atoms with E-state index in [0.717, 1.165) is 18.7 Å². The Bertz CT molecular complexity index is 1150. The topological polar surface area (TPSA) is 77.7 Å². The number of hydrogen-bond donors (Lipinski definition) is 0. The van der Waals surface area contributed by atoms with E-state index in [9.17, 15) is 18.0 Å². The molecule has 2 saturated heterocycles. The first-order valence-corrected chi connectivity index (χ1v) is 11.0. The Hall–Kier alpha value is -3.24. The monoisotopic (exact) mass is 473 g/mol. The summed E-state index contributed by atoms with van der Waals surface area (Å²) in [5.74, 6) is -1.62. The number of halogens is 3. The fraction of sp³-hybridized carbons (Fsp3) is 0.375. The number of piperidine rings is 1. The van der Waals surface area contributed by atoms with E-state index in [1.54, 1.807) is 42.5 Å². The van der Waals surface area contributed by atoms with Crippen molar-refractivity contribution in [3.05, 3.63) is 65.7 Å². The molecule has 1 aromatic carbocycles. The quantitative estimate of drug-likeness (QED) is 0.504. The van der Waals surface area contributed by atoms with Crippen molar-refractivity contribution in [2.45, 2.75) is 31.2 Å². The first-order chi connectivity index (χ1) is 16.3. The average molecular weight is 473 g/mol. The van der Waals surface area contributed by atoms with Crippen molar-refractivity contribution < 1.29 is 31.9 Å². The molecule has 0 aliphatic carbocycles. The lowest BCUT2D eigenvalue weighted by atomic mass is 10.0. The molecule has 2 aliphatic heterocycles. The number of Topliss-reactive ketones (excluding diaryl/α,β-unsaturated/α-hetero) is 1. The second kappa shape index (κ2) is 8.84. The van der Waals surface area contributed by atoms with E-state index in [4.69, 9.17) is 13.9 Å². The summed E-state index contributed by atoms with van der Waals surface area (Å²) >= 11 is 0. The molecular weight excluding hydrogens is 451 g/mol. The number of anilines is 1. The molecule has 10 heteroatoms. The smallest absolute Gasteiger partial charge is 0.432 e. The summed E-state index contributed by atoms with van der Waals surface area (Å²) in [7, 11) is 0. The van der Waals surface area contributed by atoms with Crippen LogP contribution in [0.5, 0.6) is 0 Å². The average Bonchev–Trinajstić information content (AvgIpc) is 3.49. The Balaban J connectivity index is 1.29. The minimum atomic E-state index is -4.82. The maximum absolute atomic E-state index is 13.5. The van der Waals surface area contributed by atoms with Crippen molar-refractivity contribution in [2.75, 3.05) is 31.2 Å². The zero-order valence-electron chi connectivity index (χ0n) is 18.2. The summed E-state index contributed by atoms with van der Waals surface area (Å²) in [5.41, 5.74) is -0.482. The number of oxazole rings is 1. The molecule has 0 unspecified atom stereocenters. The number of carbonyl (C=O) groups excluding carboxylic acids is 1. The van der Waals surface area contributed by atoms with Crippen LogP contribution >= 0.6 is 0 Å². The standard InChI is InChI=1S/C24H22F3N3O4/c25-24(26,27)21-20(34-22(29-21)17-4-2-1-3-5-17)18(31)14-16-6-7-19(28-15-16)30-10-8-23(9-11-30)32-12-13-33-23/h1-7,15H,8-14H2. The third-order valence-electron chi connectivity index (χ3n) is 6.01. The van der Waals surface area contributed by atoms with E-state index in [2.05, 4.69) is 14.9 Å². The van der Waals surface area contributed by atoms with Crippen LogP contribution in [0.15, 0.2) is 53.1 Å². The summed E-state index contributed by atoms with van der Waals surface area (Å²) in [4.78, 5) is 22.8. The van der Waals surface area contributed by atoms with Gasteiger partial charge in [-0.15, -0.1) is 0 Å². The van der Waals surface area contributed by atoms with Gasteiger partial charge in [0, 0.05) is 44.1 Å². The predicted octanol–water partition coefficient (Wildman–Crippen LogP) is 4.52. The largest absolute Gasteiger partial charge is 0.437 e. The van der Waals surface area contributed by atoms with Gasteiger partial charge in [0.05, 0.1) is 13.2 Å². The van der Waals surface area contributed by atoms with Crippen LogP contribution in [0.1, 0.15) is 34.7 Å². The molecule has 4 heterocycles. The van der Waals surface area contributed by atoms with Gasteiger partial charge in [-0.25, -0.2) is 9.97 Å². The number of carbonyl (C=O) groups is 1. The SMILES string of the molecule is O=C(Cc1ccc(N2CCC3(CC2)OCCO3)nc1)c1oc(-c2ccccc2)nc1C(F)(F)F. The van der Waals surface area contributed by atoms with E-state index in [-0.39, 0.29) is 12.3 Å². The zero-order valence-corrected chi connectivity index (χ0v) is 18.2. The van der Waals surface area contributed by atoms with Crippen molar-refractivity contribution in [3.63, 3.8) is 0 Å². The zero-order chi connectivity index (χ0) is 23.8. The molecule has 0 N–H and O–H groups in total. The molecule has 0 bridgehead atoms. The van der Waals surface area contributed by atoms with Gasteiger partial charge in [0.15, 0.2) is 11.5 Å². The molecule has 0 radical (unpaired) electrons. The summed E-state index contributed by atoms with van der Waals surface area (Å²) in [6.45, 7) is 2.63. The second-order valence-electron chi connectivity index (χ2n) is 8.28. The summed E-state index contributed by atoms with van der Waals surface area (Å²) < 4.78 is 57.4. The molecule has 5 rings (SSSR count). The Kier molecular flexibility index (Phi) is 5.86. The minimum Gasteiger partial charge on any atom is -0.432 e. The highest BCUT2D eigenvalue weighted by molar-refractivity contribution is 5.96. The van der Waals surface area contributed by atoms with Gasteiger partial charge >= 0.3 is 6.18 Å². The highest BCUT2D eigenvalue weighted by atomic mass is 19.4. The third kappa shape index (κ3) is 4.55. The molecular formula is C24H22F3N3O4. The van der Waals surface area contributed by atoms with E-state index >= 15 is 0 Å². The molecule has 34 heavy (non-hydrogen) atoms. The Morgan fingerprint density at radius 3 is 2.35 bits per heavy atom. The predicted molar refractivity (Wildman–Crippen MR) is 115 cm³/mol. The fourth-order valence-electron chi connectivity index (χ4n) is 4.24. The molecule has 178 valence electrons. The van der Waals surface area contributed by atoms with Crippen LogP contribution in [0.25, 0.3) is 11.5 Å². The summed E-state index contributed by atoms with van der Waals surface area (Å²) in [6, 6.07) is 11.6. The maximum Gasteiger partial charge on any atom is 0.437 e. The van der Waals surface area contributed by atoms with Gasteiger partial charge in [-0.2, -0.15) is 13.2 Å². The van der Waals surface area contributed by atoms with Crippen LogP contribution in [-0.2, 0) is 22.1 Å². The second-order valence-corrected chi connectivity index (χ2v) is 8.28.